The van der Waals surface area contributed by atoms with E-state index in [9.17, 15) is 9.18 Å². The summed E-state index contributed by atoms with van der Waals surface area (Å²) in [6.45, 7) is 0.633. The first-order chi connectivity index (χ1) is 9.10. The minimum atomic E-state index is -0.517. The van der Waals surface area contributed by atoms with Crippen LogP contribution in [0.25, 0.3) is 0 Å². The van der Waals surface area contributed by atoms with Gasteiger partial charge in [0.1, 0.15) is 5.82 Å². The third-order valence-corrected chi connectivity index (χ3v) is 4.41. The van der Waals surface area contributed by atoms with Gasteiger partial charge in [-0.25, -0.2) is 4.39 Å². The maximum absolute atomic E-state index is 13.4. The average molecular weight is 263 g/mol. The van der Waals surface area contributed by atoms with Crippen molar-refractivity contribution in [2.24, 2.45) is 5.92 Å². The summed E-state index contributed by atoms with van der Waals surface area (Å²) in [4.78, 5) is 12.4. The highest BCUT2D eigenvalue weighted by Crippen LogP contribution is 2.44. The lowest BCUT2D eigenvalue weighted by Crippen LogP contribution is -2.47. The van der Waals surface area contributed by atoms with Crippen molar-refractivity contribution >= 4 is 11.5 Å². The summed E-state index contributed by atoms with van der Waals surface area (Å²) in [6.07, 6.45) is 4.78. The summed E-state index contributed by atoms with van der Waals surface area (Å²) in [5.41, 5.74) is 5.88. The zero-order valence-corrected chi connectivity index (χ0v) is 10.8. The van der Waals surface area contributed by atoms with Gasteiger partial charge in [-0.3, -0.25) is 4.79 Å². The standard InChI is InChI=1S/C15H18FNO2/c16-12-8-10(2-3-13(12)17)14(18)11-4-7-19-15(9-11)5-1-6-15/h2-3,8,11H,1,4-7,9,17H2. The second-order valence-electron chi connectivity index (χ2n) is 5.68. The number of benzene rings is 1. The van der Waals surface area contributed by atoms with Gasteiger partial charge >= 0.3 is 0 Å². The Morgan fingerprint density at radius 3 is 2.84 bits per heavy atom. The van der Waals surface area contributed by atoms with Crippen LogP contribution in [0, 0.1) is 11.7 Å². The molecule has 1 heterocycles. The van der Waals surface area contributed by atoms with Crippen molar-refractivity contribution in [3.8, 4) is 0 Å². The summed E-state index contributed by atoms with van der Waals surface area (Å²) in [5.74, 6) is -0.540. The molecule has 1 atom stereocenters. The minimum absolute atomic E-state index is 0.0217. The van der Waals surface area contributed by atoms with E-state index >= 15 is 0 Å². The van der Waals surface area contributed by atoms with Crippen LogP contribution in [-0.2, 0) is 4.74 Å². The highest BCUT2D eigenvalue weighted by atomic mass is 19.1. The number of hydrogen-bond acceptors (Lipinski definition) is 3. The molecular formula is C15H18FNO2. The Balaban J connectivity index is 1.77. The highest BCUT2D eigenvalue weighted by molar-refractivity contribution is 5.98. The molecule has 0 radical (unpaired) electrons. The van der Waals surface area contributed by atoms with Gasteiger partial charge in [0.2, 0.25) is 0 Å². The number of rotatable bonds is 2. The SMILES string of the molecule is Nc1ccc(C(=O)C2CCOC3(CCC3)C2)cc1F. The van der Waals surface area contributed by atoms with Crippen LogP contribution in [-0.4, -0.2) is 18.0 Å². The fourth-order valence-electron chi connectivity index (χ4n) is 3.09. The molecule has 2 aliphatic rings. The van der Waals surface area contributed by atoms with Gasteiger partial charge in [0, 0.05) is 18.1 Å². The molecule has 0 amide bonds. The van der Waals surface area contributed by atoms with Crippen molar-refractivity contribution in [3.05, 3.63) is 29.6 Å². The number of hydrogen-bond donors (Lipinski definition) is 1. The third kappa shape index (κ3) is 2.25. The number of halogens is 1. The summed E-state index contributed by atoms with van der Waals surface area (Å²) < 4.78 is 19.2. The van der Waals surface area contributed by atoms with Gasteiger partial charge in [-0.15, -0.1) is 0 Å². The van der Waals surface area contributed by atoms with Crippen molar-refractivity contribution in [1.29, 1.82) is 0 Å². The fourth-order valence-corrected chi connectivity index (χ4v) is 3.09. The largest absolute Gasteiger partial charge is 0.396 e. The first-order valence-corrected chi connectivity index (χ1v) is 6.83. The predicted molar refractivity (Wildman–Crippen MR) is 70.4 cm³/mol. The molecule has 1 aliphatic heterocycles. The van der Waals surface area contributed by atoms with Crippen molar-refractivity contribution < 1.29 is 13.9 Å². The van der Waals surface area contributed by atoms with E-state index in [-0.39, 0.29) is 23.0 Å². The van der Waals surface area contributed by atoms with Crippen LogP contribution >= 0.6 is 0 Å². The van der Waals surface area contributed by atoms with E-state index < -0.39 is 5.82 Å². The average Bonchev–Trinajstić information content (AvgIpc) is 2.39. The molecule has 19 heavy (non-hydrogen) atoms. The Morgan fingerprint density at radius 2 is 2.21 bits per heavy atom. The van der Waals surface area contributed by atoms with Crippen molar-refractivity contribution in [2.75, 3.05) is 12.3 Å². The van der Waals surface area contributed by atoms with Gasteiger partial charge in [-0.1, -0.05) is 0 Å². The van der Waals surface area contributed by atoms with Gasteiger partial charge in [0.05, 0.1) is 11.3 Å². The molecule has 1 unspecified atom stereocenters. The number of nitrogens with two attached hydrogens (primary N) is 1. The van der Waals surface area contributed by atoms with E-state index in [1.54, 1.807) is 6.07 Å². The van der Waals surface area contributed by atoms with Crippen molar-refractivity contribution in [3.63, 3.8) is 0 Å². The van der Waals surface area contributed by atoms with E-state index in [1.807, 2.05) is 0 Å². The number of anilines is 1. The molecular weight excluding hydrogens is 245 g/mol. The quantitative estimate of drug-likeness (QED) is 0.659. The lowest BCUT2D eigenvalue weighted by atomic mass is 9.70. The van der Waals surface area contributed by atoms with Gasteiger partial charge in [-0.05, 0) is 50.3 Å². The number of ketones is 1. The number of ether oxygens (including phenoxy) is 1. The van der Waals surface area contributed by atoms with Gasteiger partial charge in [-0.2, -0.15) is 0 Å². The molecule has 2 fully saturated rings. The van der Waals surface area contributed by atoms with Crippen LogP contribution in [0.1, 0.15) is 42.5 Å². The summed E-state index contributed by atoms with van der Waals surface area (Å²) in [6, 6.07) is 4.32. The molecule has 1 spiro atoms. The van der Waals surface area contributed by atoms with Gasteiger partial charge in [0.15, 0.2) is 5.78 Å². The molecule has 3 rings (SSSR count). The van der Waals surface area contributed by atoms with Crippen LogP contribution < -0.4 is 5.73 Å². The molecule has 1 aromatic rings. The molecule has 0 bridgehead atoms. The van der Waals surface area contributed by atoms with Crippen molar-refractivity contribution in [1.82, 2.24) is 0 Å². The van der Waals surface area contributed by atoms with Crippen LogP contribution in [0.5, 0.6) is 0 Å². The summed E-state index contributed by atoms with van der Waals surface area (Å²) in [5, 5.41) is 0. The maximum atomic E-state index is 13.4. The third-order valence-electron chi connectivity index (χ3n) is 4.41. The predicted octanol–water partition coefficient (Wildman–Crippen LogP) is 2.94. The Kier molecular flexibility index (Phi) is 3.05. The maximum Gasteiger partial charge on any atom is 0.166 e. The smallest absolute Gasteiger partial charge is 0.166 e. The van der Waals surface area contributed by atoms with Crippen LogP contribution in [0.15, 0.2) is 18.2 Å². The Morgan fingerprint density at radius 1 is 1.42 bits per heavy atom. The molecule has 1 saturated heterocycles. The van der Waals surface area contributed by atoms with Crippen LogP contribution in [0.4, 0.5) is 10.1 Å². The van der Waals surface area contributed by atoms with E-state index in [4.69, 9.17) is 10.5 Å². The molecule has 1 aliphatic carbocycles. The molecule has 3 nitrogen and oxygen atoms in total. The second kappa shape index (κ2) is 4.60. The summed E-state index contributed by atoms with van der Waals surface area (Å²) >= 11 is 0. The number of carbonyl (C=O) groups is 1. The highest BCUT2D eigenvalue weighted by Gasteiger charge is 2.44. The Bertz CT molecular complexity index is 511. The molecule has 2 N–H and O–H groups in total. The zero-order chi connectivity index (χ0) is 13.5. The van der Waals surface area contributed by atoms with Crippen LogP contribution in [0.3, 0.4) is 0 Å². The fraction of sp³-hybridized carbons (Fsp3) is 0.533. The van der Waals surface area contributed by atoms with Gasteiger partial charge in [0.25, 0.3) is 0 Å². The minimum Gasteiger partial charge on any atom is -0.396 e. The van der Waals surface area contributed by atoms with Crippen LogP contribution in [0.2, 0.25) is 0 Å². The molecule has 1 aromatic carbocycles. The number of carbonyl (C=O) groups excluding carboxylic acids is 1. The first kappa shape index (κ1) is 12.6. The Hall–Kier alpha value is -1.42. The van der Waals surface area contributed by atoms with Crippen molar-refractivity contribution in [2.45, 2.75) is 37.7 Å². The lowest BCUT2D eigenvalue weighted by molar-refractivity contribution is -0.137. The van der Waals surface area contributed by atoms with E-state index in [2.05, 4.69) is 0 Å². The lowest BCUT2D eigenvalue weighted by Gasteiger charge is -2.46. The summed E-state index contributed by atoms with van der Waals surface area (Å²) in [7, 11) is 0. The van der Waals surface area contributed by atoms with E-state index in [1.165, 1.54) is 18.6 Å². The first-order valence-electron chi connectivity index (χ1n) is 6.83. The monoisotopic (exact) mass is 263 g/mol. The second-order valence-corrected chi connectivity index (χ2v) is 5.68. The van der Waals surface area contributed by atoms with E-state index in [0.29, 0.717) is 12.2 Å². The Labute approximate surface area is 111 Å². The molecule has 4 heteroatoms. The number of Topliss-reactive ketones (excluding diaryl/α,β-unsaturated/α-hetero) is 1. The number of nitrogen functional groups attached to an aromatic ring is 1. The van der Waals surface area contributed by atoms with E-state index in [0.717, 1.165) is 25.7 Å². The zero-order valence-electron chi connectivity index (χ0n) is 10.8. The molecule has 1 saturated carbocycles. The normalized spacial score (nSPS) is 25.0. The topological polar surface area (TPSA) is 52.3 Å². The molecule has 102 valence electrons. The van der Waals surface area contributed by atoms with Gasteiger partial charge < -0.3 is 10.5 Å². The molecule has 0 aromatic heterocycles.